The molecule has 1 N–H and O–H groups in total. The van der Waals surface area contributed by atoms with Gasteiger partial charge in [-0.2, -0.15) is 0 Å². The normalized spacial score (nSPS) is 12.5. The van der Waals surface area contributed by atoms with Gasteiger partial charge >= 0.3 is 0 Å². The number of nitrogens with one attached hydrogen (secondary N) is 1. The predicted molar refractivity (Wildman–Crippen MR) is 78.8 cm³/mol. The summed E-state index contributed by atoms with van der Waals surface area (Å²) in [5.74, 6) is 1.39. The van der Waals surface area contributed by atoms with Crippen LogP contribution in [0.4, 0.5) is 5.69 Å². The number of hydrogen-bond acceptors (Lipinski definition) is 4. The van der Waals surface area contributed by atoms with Crippen LogP contribution in [-0.4, -0.2) is 31.3 Å². The van der Waals surface area contributed by atoms with Gasteiger partial charge in [-0.05, 0) is 31.7 Å². The zero-order valence-electron chi connectivity index (χ0n) is 12.5. The number of ether oxygens (including phenoxy) is 2. The third-order valence-electron chi connectivity index (χ3n) is 2.86. The molecule has 4 heteroatoms. The van der Waals surface area contributed by atoms with Crippen LogP contribution in [0, 0.1) is 5.92 Å². The zero-order valence-corrected chi connectivity index (χ0v) is 12.5. The molecule has 1 aromatic rings. The second-order valence-electron chi connectivity index (χ2n) is 5.24. The van der Waals surface area contributed by atoms with Crippen molar-refractivity contribution in [1.29, 1.82) is 0 Å². The molecule has 0 spiro atoms. The van der Waals surface area contributed by atoms with Gasteiger partial charge in [-0.25, -0.2) is 4.98 Å². The third kappa shape index (κ3) is 7.01. The van der Waals surface area contributed by atoms with Crippen LogP contribution < -0.4 is 10.1 Å². The maximum Gasteiger partial charge on any atom is 0.213 e. The molecule has 19 heavy (non-hydrogen) atoms. The Morgan fingerprint density at radius 3 is 2.53 bits per heavy atom. The average molecular weight is 266 g/mol. The molecule has 0 saturated heterocycles. The Bertz CT molecular complexity index is 339. The Kier molecular flexibility index (Phi) is 7.26. The van der Waals surface area contributed by atoms with Gasteiger partial charge in [0.05, 0.1) is 18.5 Å². The van der Waals surface area contributed by atoms with Crippen molar-refractivity contribution in [3.63, 3.8) is 0 Å². The molecule has 1 aromatic heterocycles. The van der Waals surface area contributed by atoms with Crippen LogP contribution in [0.1, 0.15) is 33.6 Å². The largest absolute Gasteiger partial charge is 0.475 e. The summed E-state index contributed by atoms with van der Waals surface area (Å²) < 4.78 is 10.3. The van der Waals surface area contributed by atoms with E-state index in [4.69, 9.17) is 9.47 Å². The Morgan fingerprint density at radius 2 is 1.95 bits per heavy atom. The molecular weight excluding hydrogens is 240 g/mol. The lowest BCUT2D eigenvalue weighted by atomic mass is 10.0. The fourth-order valence-electron chi connectivity index (χ4n) is 1.72. The maximum absolute atomic E-state index is 5.42. The third-order valence-corrected chi connectivity index (χ3v) is 2.86. The minimum Gasteiger partial charge on any atom is -0.475 e. The highest BCUT2D eigenvalue weighted by Crippen LogP contribution is 2.15. The maximum atomic E-state index is 5.42. The van der Waals surface area contributed by atoms with Gasteiger partial charge in [0.25, 0.3) is 0 Å². The fourth-order valence-corrected chi connectivity index (χ4v) is 1.72. The zero-order chi connectivity index (χ0) is 14.1. The number of rotatable bonds is 9. The van der Waals surface area contributed by atoms with E-state index >= 15 is 0 Å². The molecule has 0 aliphatic rings. The van der Waals surface area contributed by atoms with Crippen LogP contribution in [-0.2, 0) is 4.74 Å². The lowest BCUT2D eigenvalue weighted by molar-refractivity contribution is 0.144. The monoisotopic (exact) mass is 266 g/mol. The van der Waals surface area contributed by atoms with Crippen LogP contribution in [0.25, 0.3) is 0 Å². The molecule has 0 amide bonds. The van der Waals surface area contributed by atoms with E-state index in [1.165, 1.54) is 12.8 Å². The van der Waals surface area contributed by atoms with Gasteiger partial charge < -0.3 is 14.8 Å². The van der Waals surface area contributed by atoms with Crippen molar-refractivity contribution in [2.45, 2.75) is 39.7 Å². The highest BCUT2D eigenvalue weighted by molar-refractivity contribution is 5.42. The van der Waals surface area contributed by atoms with E-state index in [9.17, 15) is 0 Å². The number of methoxy groups -OCH3 is 1. The quantitative estimate of drug-likeness (QED) is 0.696. The van der Waals surface area contributed by atoms with Crippen molar-refractivity contribution >= 4 is 5.69 Å². The van der Waals surface area contributed by atoms with Crippen molar-refractivity contribution in [2.24, 2.45) is 5.92 Å². The molecule has 1 heterocycles. The summed E-state index contributed by atoms with van der Waals surface area (Å²) in [7, 11) is 1.66. The van der Waals surface area contributed by atoms with Crippen LogP contribution in [0.3, 0.4) is 0 Å². The molecule has 108 valence electrons. The van der Waals surface area contributed by atoms with Gasteiger partial charge in [-0.1, -0.05) is 13.8 Å². The van der Waals surface area contributed by atoms with E-state index in [1.807, 2.05) is 18.3 Å². The van der Waals surface area contributed by atoms with Crippen LogP contribution in [0.2, 0.25) is 0 Å². The van der Waals surface area contributed by atoms with Gasteiger partial charge in [0.2, 0.25) is 5.88 Å². The minimum absolute atomic E-state index is 0.462. The van der Waals surface area contributed by atoms with E-state index in [-0.39, 0.29) is 0 Å². The van der Waals surface area contributed by atoms with Crippen molar-refractivity contribution < 1.29 is 9.47 Å². The predicted octanol–water partition coefficient (Wildman–Crippen LogP) is 3.34. The van der Waals surface area contributed by atoms with E-state index in [1.54, 1.807) is 7.11 Å². The summed E-state index contributed by atoms with van der Waals surface area (Å²) in [6.07, 6.45) is 4.22. The Labute approximate surface area is 116 Å². The average Bonchev–Trinajstić information content (AvgIpc) is 2.39. The molecule has 1 unspecified atom stereocenters. The minimum atomic E-state index is 0.462. The molecular formula is C15H26N2O2. The van der Waals surface area contributed by atoms with Crippen LogP contribution >= 0.6 is 0 Å². The molecule has 0 radical (unpaired) electrons. The summed E-state index contributed by atoms with van der Waals surface area (Å²) in [4.78, 5) is 4.26. The number of hydrogen-bond donors (Lipinski definition) is 1. The lowest BCUT2D eigenvalue weighted by Gasteiger charge is -2.16. The Morgan fingerprint density at radius 1 is 1.16 bits per heavy atom. The first-order valence-corrected chi connectivity index (χ1v) is 6.96. The van der Waals surface area contributed by atoms with Crippen LogP contribution in [0.5, 0.6) is 5.88 Å². The van der Waals surface area contributed by atoms with Crippen molar-refractivity contribution in [3.05, 3.63) is 18.3 Å². The highest BCUT2D eigenvalue weighted by atomic mass is 16.5. The summed E-state index contributed by atoms with van der Waals surface area (Å²) in [6.45, 7) is 7.81. The first-order chi connectivity index (χ1) is 9.11. The van der Waals surface area contributed by atoms with Crippen molar-refractivity contribution in [1.82, 2.24) is 4.98 Å². The lowest BCUT2D eigenvalue weighted by Crippen LogP contribution is -2.16. The molecule has 1 atom stereocenters. The Balaban J connectivity index is 2.34. The number of aromatic nitrogens is 1. The van der Waals surface area contributed by atoms with Crippen molar-refractivity contribution in [2.75, 3.05) is 25.6 Å². The van der Waals surface area contributed by atoms with E-state index < -0.39 is 0 Å². The second kappa shape index (κ2) is 8.75. The molecule has 1 rings (SSSR count). The van der Waals surface area contributed by atoms with E-state index in [0.29, 0.717) is 25.1 Å². The first kappa shape index (κ1) is 15.8. The summed E-state index contributed by atoms with van der Waals surface area (Å²) in [5, 5.41) is 3.45. The van der Waals surface area contributed by atoms with Gasteiger partial charge in [0.15, 0.2) is 0 Å². The molecule has 0 aliphatic heterocycles. The van der Waals surface area contributed by atoms with Crippen LogP contribution in [0.15, 0.2) is 18.3 Å². The summed E-state index contributed by atoms with van der Waals surface area (Å²) in [6, 6.07) is 4.35. The van der Waals surface area contributed by atoms with E-state index in [0.717, 1.165) is 11.6 Å². The highest BCUT2D eigenvalue weighted by Gasteiger charge is 2.04. The molecule has 0 aliphatic carbocycles. The van der Waals surface area contributed by atoms with Gasteiger partial charge in [-0.15, -0.1) is 0 Å². The van der Waals surface area contributed by atoms with Gasteiger partial charge in [0, 0.05) is 19.2 Å². The fraction of sp³-hybridized carbons (Fsp3) is 0.667. The Hall–Kier alpha value is -1.29. The van der Waals surface area contributed by atoms with E-state index in [2.05, 4.69) is 31.1 Å². The SMILES string of the molecule is COCCOc1ccc(NC(C)CCC(C)C)cn1. The second-order valence-corrected chi connectivity index (χ2v) is 5.24. The molecule has 0 bridgehead atoms. The summed E-state index contributed by atoms with van der Waals surface area (Å²) in [5.41, 5.74) is 1.04. The molecule has 0 saturated carbocycles. The smallest absolute Gasteiger partial charge is 0.213 e. The standard InChI is InChI=1S/C15H26N2O2/c1-12(2)5-6-13(3)17-14-7-8-15(16-11-14)19-10-9-18-4/h7-8,11-13,17H,5-6,9-10H2,1-4H3. The van der Waals surface area contributed by atoms with Gasteiger partial charge in [-0.3, -0.25) is 0 Å². The van der Waals surface area contributed by atoms with Gasteiger partial charge in [0.1, 0.15) is 6.61 Å². The first-order valence-electron chi connectivity index (χ1n) is 6.96. The summed E-state index contributed by atoms with van der Waals surface area (Å²) >= 11 is 0. The molecule has 0 fully saturated rings. The molecule has 0 aromatic carbocycles. The van der Waals surface area contributed by atoms with Crippen molar-refractivity contribution in [3.8, 4) is 5.88 Å². The number of anilines is 1. The number of pyridine rings is 1. The molecule has 4 nitrogen and oxygen atoms in total. The number of nitrogens with zero attached hydrogens (tertiary/aromatic N) is 1. The topological polar surface area (TPSA) is 43.4 Å².